The zero-order chi connectivity index (χ0) is 11.8. The van der Waals surface area contributed by atoms with Crippen LogP contribution >= 0.6 is 0 Å². The van der Waals surface area contributed by atoms with Crippen molar-refractivity contribution in [1.29, 1.82) is 0 Å². The van der Waals surface area contributed by atoms with Crippen LogP contribution in [0.4, 0.5) is 5.69 Å². The molecular weight excluding hydrogens is 200 g/mol. The van der Waals surface area contributed by atoms with Crippen LogP contribution in [0.2, 0.25) is 0 Å². The fourth-order valence-electron chi connectivity index (χ4n) is 2.15. The first kappa shape index (κ1) is 11.1. The highest BCUT2D eigenvalue weighted by Gasteiger charge is 2.42. The van der Waals surface area contributed by atoms with E-state index >= 15 is 0 Å². The largest absolute Gasteiger partial charge is 0.317 e. The van der Waals surface area contributed by atoms with E-state index in [-0.39, 0.29) is 5.91 Å². The first-order valence-electron chi connectivity index (χ1n) is 5.67. The Balaban J connectivity index is 2.22. The van der Waals surface area contributed by atoms with Gasteiger partial charge in [0, 0.05) is 12.7 Å². The molecule has 0 radical (unpaired) electrons. The maximum Gasteiger partial charge on any atom is 0.246 e. The van der Waals surface area contributed by atoms with E-state index in [2.05, 4.69) is 0 Å². The third kappa shape index (κ3) is 1.71. The van der Waals surface area contributed by atoms with Crippen LogP contribution in [0.25, 0.3) is 0 Å². The van der Waals surface area contributed by atoms with Gasteiger partial charge < -0.3 is 10.6 Å². The first-order valence-corrected chi connectivity index (χ1v) is 5.67. The van der Waals surface area contributed by atoms with E-state index in [0.29, 0.717) is 0 Å². The van der Waals surface area contributed by atoms with Crippen LogP contribution in [0, 0.1) is 6.92 Å². The summed E-state index contributed by atoms with van der Waals surface area (Å²) in [5.74, 6) is 0.0352. The molecule has 86 valence electrons. The van der Waals surface area contributed by atoms with Crippen molar-refractivity contribution in [2.75, 3.05) is 11.9 Å². The van der Waals surface area contributed by atoms with E-state index in [4.69, 9.17) is 5.73 Å². The van der Waals surface area contributed by atoms with Crippen molar-refractivity contribution in [3.05, 3.63) is 29.8 Å². The molecule has 0 atom stereocenters. The fraction of sp³-hybridized carbons (Fsp3) is 0.462. The third-order valence-corrected chi connectivity index (χ3v) is 3.45. The summed E-state index contributed by atoms with van der Waals surface area (Å²) < 4.78 is 0. The van der Waals surface area contributed by atoms with Crippen molar-refractivity contribution in [2.24, 2.45) is 5.73 Å². The molecule has 0 aliphatic heterocycles. The van der Waals surface area contributed by atoms with E-state index in [1.165, 1.54) is 0 Å². The molecule has 16 heavy (non-hydrogen) atoms. The highest BCUT2D eigenvalue weighted by Crippen LogP contribution is 2.32. The van der Waals surface area contributed by atoms with Gasteiger partial charge in [-0.05, 0) is 37.8 Å². The number of amides is 1. The molecule has 0 aromatic heterocycles. The number of carbonyl (C=O) groups excluding carboxylic acids is 1. The van der Waals surface area contributed by atoms with E-state index in [0.717, 1.165) is 30.5 Å². The minimum Gasteiger partial charge on any atom is -0.317 e. The first-order chi connectivity index (χ1) is 7.54. The summed E-state index contributed by atoms with van der Waals surface area (Å²) in [5, 5.41) is 0. The molecule has 0 unspecified atom stereocenters. The quantitative estimate of drug-likeness (QED) is 0.823. The molecule has 0 bridgehead atoms. The maximum absolute atomic E-state index is 12.2. The van der Waals surface area contributed by atoms with Crippen molar-refractivity contribution in [3.63, 3.8) is 0 Å². The Morgan fingerprint density at radius 2 is 2.00 bits per heavy atom. The molecule has 0 heterocycles. The van der Waals surface area contributed by atoms with Gasteiger partial charge in [-0.2, -0.15) is 0 Å². The fourth-order valence-corrected chi connectivity index (χ4v) is 2.15. The second kappa shape index (κ2) is 3.91. The number of benzene rings is 1. The van der Waals surface area contributed by atoms with Crippen molar-refractivity contribution >= 4 is 11.6 Å². The molecule has 0 spiro atoms. The van der Waals surface area contributed by atoms with E-state index in [1.807, 2.05) is 31.2 Å². The van der Waals surface area contributed by atoms with Gasteiger partial charge in [-0.25, -0.2) is 0 Å². The number of aryl methyl sites for hydroxylation is 1. The summed E-state index contributed by atoms with van der Waals surface area (Å²) in [5.41, 5.74) is 7.48. The Bertz CT molecular complexity index is 410. The third-order valence-electron chi connectivity index (χ3n) is 3.45. The average molecular weight is 218 g/mol. The van der Waals surface area contributed by atoms with Gasteiger partial charge in [0.1, 0.15) is 0 Å². The van der Waals surface area contributed by atoms with Crippen LogP contribution in [-0.4, -0.2) is 18.5 Å². The highest BCUT2D eigenvalue weighted by atomic mass is 16.2. The molecular formula is C13H18N2O. The Labute approximate surface area is 96.2 Å². The van der Waals surface area contributed by atoms with Crippen molar-refractivity contribution in [1.82, 2.24) is 0 Å². The number of likely N-dealkylation sites (N-methyl/N-ethyl adjacent to an activating group) is 1. The van der Waals surface area contributed by atoms with E-state index < -0.39 is 5.54 Å². The number of hydrogen-bond acceptors (Lipinski definition) is 2. The van der Waals surface area contributed by atoms with Gasteiger partial charge in [-0.1, -0.05) is 18.2 Å². The summed E-state index contributed by atoms with van der Waals surface area (Å²) in [6.45, 7) is 2.00. The Morgan fingerprint density at radius 3 is 2.50 bits per heavy atom. The lowest BCUT2D eigenvalue weighted by Gasteiger charge is -2.39. The van der Waals surface area contributed by atoms with Crippen LogP contribution in [0.15, 0.2) is 24.3 Å². The topological polar surface area (TPSA) is 46.3 Å². The summed E-state index contributed by atoms with van der Waals surface area (Å²) in [7, 11) is 1.80. The van der Waals surface area contributed by atoms with Gasteiger partial charge in [0.05, 0.1) is 5.54 Å². The van der Waals surface area contributed by atoms with Crippen molar-refractivity contribution < 1.29 is 4.79 Å². The number of anilines is 1. The lowest BCUT2D eigenvalue weighted by atomic mass is 9.76. The Hall–Kier alpha value is -1.35. The van der Waals surface area contributed by atoms with Gasteiger partial charge in [-0.3, -0.25) is 4.79 Å². The second-order valence-electron chi connectivity index (χ2n) is 4.66. The molecule has 1 aromatic rings. The van der Waals surface area contributed by atoms with Gasteiger partial charge in [0.15, 0.2) is 0 Å². The standard InChI is InChI=1S/C13H18N2O/c1-10-6-3-4-7-11(10)15(2)12(16)13(14)8-5-9-13/h3-4,6-7H,5,8-9,14H2,1-2H3. The number of rotatable bonds is 2. The second-order valence-corrected chi connectivity index (χ2v) is 4.66. The lowest BCUT2D eigenvalue weighted by Crippen LogP contribution is -2.59. The number of carbonyl (C=O) groups is 1. The number of nitrogens with zero attached hydrogens (tertiary/aromatic N) is 1. The van der Waals surface area contributed by atoms with Gasteiger partial charge >= 0.3 is 0 Å². The highest BCUT2D eigenvalue weighted by molar-refractivity contribution is 6.00. The smallest absolute Gasteiger partial charge is 0.246 e. The molecule has 1 saturated carbocycles. The van der Waals surface area contributed by atoms with Crippen LogP contribution in [-0.2, 0) is 4.79 Å². The molecule has 1 fully saturated rings. The maximum atomic E-state index is 12.2. The Kier molecular flexibility index (Phi) is 2.72. The lowest BCUT2D eigenvalue weighted by molar-refractivity contribution is -0.126. The molecule has 1 aliphatic carbocycles. The minimum absolute atomic E-state index is 0.0352. The van der Waals surface area contributed by atoms with Crippen LogP contribution in [0.5, 0.6) is 0 Å². The SMILES string of the molecule is Cc1ccccc1N(C)C(=O)C1(N)CCC1. The molecule has 3 nitrogen and oxygen atoms in total. The van der Waals surface area contributed by atoms with E-state index in [1.54, 1.807) is 11.9 Å². The number of para-hydroxylation sites is 1. The Morgan fingerprint density at radius 1 is 1.38 bits per heavy atom. The van der Waals surface area contributed by atoms with Crippen LogP contribution in [0.3, 0.4) is 0 Å². The monoisotopic (exact) mass is 218 g/mol. The molecule has 1 aromatic carbocycles. The minimum atomic E-state index is -0.614. The van der Waals surface area contributed by atoms with Gasteiger partial charge in [0.25, 0.3) is 0 Å². The van der Waals surface area contributed by atoms with Gasteiger partial charge in [-0.15, -0.1) is 0 Å². The molecule has 0 saturated heterocycles. The van der Waals surface area contributed by atoms with E-state index in [9.17, 15) is 4.79 Å². The molecule has 2 N–H and O–H groups in total. The summed E-state index contributed by atoms with van der Waals surface area (Å²) >= 11 is 0. The molecule has 1 aliphatic rings. The van der Waals surface area contributed by atoms with Crippen LogP contribution < -0.4 is 10.6 Å². The van der Waals surface area contributed by atoms with Crippen LogP contribution in [0.1, 0.15) is 24.8 Å². The van der Waals surface area contributed by atoms with Crippen molar-refractivity contribution in [2.45, 2.75) is 31.7 Å². The summed E-state index contributed by atoms with van der Waals surface area (Å²) in [6.07, 6.45) is 2.67. The zero-order valence-electron chi connectivity index (χ0n) is 9.86. The molecule has 1 amide bonds. The molecule has 2 rings (SSSR count). The van der Waals surface area contributed by atoms with Crippen molar-refractivity contribution in [3.8, 4) is 0 Å². The normalized spacial score (nSPS) is 17.7. The number of hydrogen-bond donors (Lipinski definition) is 1. The molecule has 3 heteroatoms. The number of nitrogens with two attached hydrogens (primary N) is 1. The predicted octanol–water partition coefficient (Wildman–Crippen LogP) is 1.84. The predicted molar refractivity (Wildman–Crippen MR) is 65.4 cm³/mol. The van der Waals surface area contributed by atoms with Gasteiger partial charge in [0.2, 0.25) is 5.91 Å². The zero-order valence-corrected chi connectivity index (χ0v) is 9.86. The average Bonchev–Trinajstić information content (AvgIpc) is 2.24. The summed E-state index contributed by atoms with van der Waals surface area (Å²) in [4.78, 5) is 13.9. The summed E-state index contributed by atoms with van der Waals surface area (Å²) in [6, 6.07) is 7.87.